The summed E-state index contributed by atoms with van der Waals surface area (Å²) in [5, 5.41) is 0. The second kappa shape index (κ2) is 5.06. The van der Waals surface area contributed by atoms with Gasteiger partial charge in [-0.25, -0.2) is 4.79 Å². The fourth-order valence-electron chi connectivity index (χ4n) is 3.02. The van der Waals surface area contributed by atoms with E-state index in [-0.39, 0.29) is 5.54 Å². The van der Waals surface area contributed by atoms with Gasteiger partial charge in [0.1, 0.15) is 11.3 Å². The molecule has 20 heavy (non-hydrogen) atoms. The molecular weight excluding hydrogens is 250 g/mol. The van der Waals surface area contributed by atoms with E-state index in [9.17, 15) is 4.79 Å². The maximum atomic E-state index is 10.8. The Morgan fingerprint density at radius 1 is 1.35 bits per heavy atom. The largest absolute Gasteiger partial charge is 0.493 e. The lowest BCUT2D eigenvalue weighted by molar-refractivity contribution is 0.233. The molecule has 3 heteroatoms. The molecule has 106 valence electrons. The summed E-state index contributed by atoms with van der Waals surface area (Å²) in [6.45, 7) is 4.95. The Labute approximate surface area is 120 Å². The fourth-order valence-corrected chi connectivity index (χ4v) is 3.02. The number of rotatable bonds is 5. The maximum Gasteiger partial charge on any atom is 0.235 e. The highest BCUT2D eigenvalue weighted by atomic mass is 16.5. The van der Waals surface area contributed by atoms with Crippen molar-refractivity contribution in [1.82, 2.24) is 0 Å². The van der Waals surface area contributed by atoms with Gasteiger partial charge in [-0.1, -0.05) is 11.6 Å². The lowest BCUT2D eigenvalue weighted by Gasteiger charge is -2.38. The van der Waals surface area contributed by atoms with Crippen molar-refractivity contribution in [2.75, 3.05) is 6.61 Å². The number of isocyanates is 1. The van der Waals surface area contributed by atoms with Crippen LogP contribution in [0.25, 0.3) is 0 Å². The monoisotopic (exact) mass is 271 g/mol. The van der Waals surface area contributed by atoms with Crippen molar-refractivity contribution in [3.63, 3.8) is 0 Å². The third-order valence-corrected chi connectivity index (χ3v) is 4.52. The van der Waals surface area contributed by atoms with Gasteiger partial charge in [-0.3, -0.25) is 0 Å². The molecule has 0 N–H and O–H groups in total. The summed E-state index contributed by atoms with van der Waals surface area (Å²) in [6.07, 6.45) is 7.28. The Morgan fingerprint density at radius 3 is 2.65 bits per heavy atom. The van der Waals surface area contributed by atoms with Crippen LogP contribution in [0, 0.1) is 19.8 Å². The van der Waals surface area contributed by atoms with Gasteiger partial charge < -0.3 is 4.74 Å². The number of aryl methyl sites for hydroxylation is 2. The van der Waals surface area contributed by atoms with Gasteiger partial charge in [-0.05, 0) is 63.5 Å². The second-order valence-electron chi connectivity index (χ2n) is 6.30. The van der Waals surface area contributed by atoms with Gasteiger partial charge in [0.05, 0.1) is 6.61 Å². The molecule has 2 saturated carbocycles. The molecule has 0 unspecified atom stereocenters. The van der Waals surface area contributed by atoms with Crippen molar-refractivity contribution in [3.05, 3.63) is 28.8 Å². The second-order valence-corrected chi connectivity index (χ2v) is 6.30. The van der Waals surface area contributed by atoms with Crippen molar-refractivity contribution in [1.29, 1.82) is 0 Å². The van der Waals surface area contributed by atoms with E-state index in [1.165, 1.54) is 18.4 Å². The molecule has 0 saturated heterocycles. The number of aliphatic imine (C=N–C) groups is 1. The molecule has 3 rings (SSSR count). The van der Waals surface area contributed by atoms with Crippen LogP contribution in [-0.2, 0) is 10.3 Å². The van der Waals surface area contributed by atoms with Crippen LogP contribution in [0.1, 0.15) is 48.8 Å². The number of nitrogens with zero attached hydrogens (tertiary/aromatic N) is 1. The van der Waals surface area contributed by atoms with Gasteiger partial charge in [0.25, 0.3) is 0 Å². The minimum absolute atomic E-state index is 0.378. The molecule has 0 aliphatic heterocycles. The summed E-state index contributed by atoms with van der Waals surface area (Å²) in [7, 11) is 0. The predicted molar refractivity (Wildman–Crippen MR) is 77.8 cm³/mol. The first-order chi connectivity index (χ1) is 9.64. The van der Waals surface area contributed by atoms with Gasteiger partial charge in [0, 0.05) is 5.56 Å². The zero-order chi connectivity index (χ0) is 14.2. The molecular formula is C17H21NO2. The Balaban J connectivity index is 1.99. The van der Waals surface area contributed by atoms with Gasteiger partial charge in [0.15, 0.2) is 0 Å². The molecule has 2 fully saturated rings. The normalized spacial score (nSPS) is 19.9. The van der Waals surface area contributed by atoms with Gasteiger partial charge in [-0.2, -0.15) is 4.99 Å². The van der Waals surface area contributed by atoms with E-state index < -0.39 is 0 Å². The van der Waals surface area contributed by atoms with Crippen LogP contribution in [0.5, 0.6) is 5.75 Å². The summed E-state index contributed by atoms with van der Waals surface area (Å²) in [6, 6.07) is 4.28. The van der Waals surface area contributed by atoms with E-state index in [0.29, 0.717) is 0 Å². The average Bonchev–Trinajstić information content (AvgIpc) is 3.16. The Bertz CT molecular complexity index is 565. The Hall–Kier alpha value is -1.60. The first kappa shape index (κ1) is 13.4. The molecule has 0 amide bonds. The van der Waals surface area contributed by atoms with Gasteiger partial charge in [-0.15, -0.1) is 0 Å². The smallest absolute Gasteiger partial charge is 0.235 e. The van der Waals surface area contributed by atoms with Gasteiger partial charge >= 0.3 is 0 Å². The van der Waals surface area contributed by atoms with E-state index in [2.05, 4.69) is 31.0 Å². The molecule has 0 spiro atoms. The van der Waals surface area contributed by atoms with Crippen LogP contribution in [0.15, 0.2) is 17.1 Å². The molecule has 0 radical (unpaired) electrons. The number of hydrogen-bond donors (Lipinski definition) is 0. The molecule has 1 aromatic rings. The summed E-state index contributed by atoms with van der Waals surface area (Å²) >= 11 is 0. The summed E-state index contributed by atoms with van der Waals surface area (Å²) in [5.74, 6) is 1.66. The van der Waals surface area contributed by atoms with Crippen LogP contribution in [0.3, 0.4) is 0 Å². The predicted octanol–water partition coefficient (Wildman–Crippen LogP) is 3.81. The highest BCUT2D eigenvalue weighted by molar-refractivity contribution is 5.50. The molecule has 3 nitrogen and oxygen atoms in total. The van der Waals surface area contributed by atoms with Crippen LogP contribution in [0.2, 0.25) is 0 Å². The van der Waals surface area contributed by atoms with E-state index in [0.717, 1.165) is 48.7 Å². The highest BCUT2D eigenvalue weighted by Gasteiger charge is 2.41. The molecule has 0 heterocycles. The summed E-state index contributed by atoms with van der Waals surface area (Å²) in [4.78, 5) is 14.9. The topological polar surface area (TPSA) is 38.7 Å². The molecule has 0 aromatic heterocycles. The highest BCUT2D eigenvalue weighted by Crippen LogP contribution is 2.49. The fraction of sp³-hybridized carbons (Fsp3) is 0.588. The quantitative estimate of drug-likeness (QED) is 0.603. The SMILES string of the molecule is Cc1cc(C)c(OCC2CC2)c(C2(N=C=O)CCC2)c1. The first-order valence-electron chi connectivity index (χ1n) is 7.48. The van der Waals surface area contributed by atoms with Crippen LogP contribution >= 0.6 is 0 Å². The van der Waals surface area contributed by atoms with Crippen molar-refractivity contribution in [3.8, 4) is 5.75 Å². The average molecular weight is 271 g/mol. The summed E-state index contributed by atoms with van der Waals surface area (Å²) in [5.41, 5.74) is 3.05. The van der Waals surface area contributed by atoms with Crippen molar-refractivity contribution < 1.29 is 9.53 Å². The van der Waals surface area contributed by atoms with Crippen molar-refractivity contribution in [2.24, 2.45) is 10.9 Å². The van der Waals surface area contributed by atoms with Crippen LogP contribution in [0.4, 0.5) is 0 Å². The van der Waals surface area contributed by atoms with Crippen LogP contribution in [-0.4, -0.2) is 12.7 Å². The zero-order valence-electron chi connectivity index (χ0n) is 12.2. The standard InChI is InChI=1S/C17H21NO2/c1-12-8-13(2)16(20-10-14-4-5-14)15(9-12)17(18-11-19)6-3-7-17/h8-9,14H,3-7,10H2,1-2H3. The lowest BCUT2D eigenvalue weighted by atomic mass is 9.71. The zero-order valence-corrected chi connectivity index (χ0v) is 12.2. The van der Waals surface area contributed by atoms with Crippen LogP contribution < -0.4 is 4.74 Å². The number of carbonyl (C=O) groups excluding carboxylic acids is 1. The third kappa shape index (κ3) is 2.38. The van der Waals surface area contributed by atoms with Crippen molar-refractivity contribution in [2.45, 2.75) is 51.5 Å². The number of benzene rings is 1. The Morgan fingerprint density at radius 2 is 2.10 bits per heavy atom. The molecule has 1 aromatic carbocycles. The number of hydrogen-bond acceptors (Lipinski definition) is 3. The lowest BCUT2D eigenvalue weighted by Crippen LogP contribution is -2.32. The van der Waals surface area contributed by atoms with E-state index in [1.54, 1.807) is 6.08 Å². The molecule has 0 atom stereocenters. The summed E-state index contributed by atoms with van der Waals surface area (Å²) < 4.78 is 6.09. The van der Waals surface area contributed by atoms with Crippen molar-refractivity contribution >= 4 is 6.08 Å². The Kier molecular flexibility index (Phi) is 3.39. The van der Waals surface area contributed by atoms with E-state index >= 15 is 0 Å². The van der Waals surface area contributed by atoms with Gasteiger partial charge in [0.2, 0.25) is 6.08 Å². The molecule has 2 aliphatic carbocycles. The first-order valence-corrected chi connectivity index (χ1v) is 7.48. The minimum Gasteiger partial charge on any atom is -0.493 e. The minimum atomic E-state index is -0.378. The molecule has 2 aliphatic rings. The van der Waals surface area contributed by atoms with E-state index in [4.69, 9.17) is 4.74 Å². The maximum absolute atomic E-state index is 10.8. The number of ether oxygens (including phenoxy) is 1. The third-order valence-electron chi connectivity index (χ3n) is 4.52. The molecule has 0 bridgehead atoms. The van der Waals surface area contributed by atoms with E-state index in [1.807, 2.05) is 0 Å².